The van der Waals surface area contributed by atoms with Crippen molar-refractivity contribution < 1.29 is 8.78 Å². The Morgan fingerprint density at radius 2 is 1.85 bits per heavy atom. The van der Waals surface area contributed by atoms with Gasteiger partial charge in [-0.3, -0.25) is 9.36 Å². The van der Waals surface area contributed by atoms with E-state index in [9.17, 15) is 18.8 Å². The monoisotopic (exact) mass is 560 g/mol. The lowest BCUT2D eigenvalue weighted by Gasteiger charge is -2.21. The maximum Gasteiger partial charge on any atom is 0.266 e. The number of hydrogen-bond acceptors (Lipinski definition) is 8. The van der Waals surface area contributed by atoms with E-state index in [0.717, 1.165) is 16.7 Å². The highest BCUT2D eigenvalue weighted by Crippen LogP contribution is 2.26. The van der Waals surface area contributed by atoms with E-state index in [0.29, 0.717) is 15.2 Å². The number of nitrogens with two attached hydrogens (primary N) is 2. The zero-order chi connectivity index (χ0) is 23.9. The number of anilines is 3. The highest BCUT2D eigenvalue weighted by atomic mass is 127. The molecular formula is C21H15F2IN8O. The minimum absolute atomic E-state index is 0.0316. The quantitative estimate of drug-likeness (QED) is 0.322. The molecule has 166 valence electrons. The van der Waals surface area contributed by atoms with Gasteiger partial charge in [0.05, 0.1) is 22.6 Å². The highest BCUT2D eigenvalue weighted by Gasteiger charge is 2.22. The Labute approximate surface area is 199 Å². The number of halogens is 3. The largest absolute Gasteiger partial charge is 0.382 e. The van der Waals surface area contributed by atoms with E-state index in [1.807, 2.05) is 28.7 Å². The number of nitrogen functional groups attached to an aromatic ring is 2. The van der Waals surface area contributed by atoms with Crippen LogP contribution in [0.15, 0.2) is 41.2 Å². The third kappa shape index (κ3) is 4.14. The van der Waals surface area contributed by atoms with Crippen LogP contribution in [0, 0.1) is 26.5 Å². The summed E-state index contributed by atoms with van der Waals surface area (Å²) in [4.78, 5) is 25.9. The van der Waals surface area contributed by atoms with Crippen molar-refractivity contribution in [2.24, 2.45) is 0 Å². The minimum atomic E-state index is -0.852. The van der Waals surface area contributed by atoms with Gasteiger partial charge in [0, 0.05) is 9.64 Å². The van der Waals surface area contributed by atoms with E-state index in [4.69, 9.17) is 11.5 Å². The molecule has 5 N–H and O–H groups in total. The van der Waals surface area contributed by atoms with Gasteiger partial charge in [0.2, 0.25) is 5.95 Å². The summed E-state index contributed by atoms with van der Waals surface area (Å²) in [6, 6.07) is 8.95. The number of nitrogens with one attached hydrogen (secondary N) is 1. The molecule has 0 unspecified atom stereocenters. The number of benzene rings is 2. The van der Waals surface area contributed by atoms with E-state index >= 15 is 0 Å². The summed E-state index contributed by atoms with van der Waals surface area (Å²) in [7, 11) is 0. The molecule has 4 aromatic rings. The number of fused-ring (bicyclic) bond motifs is 1. The Kier molecular flexibility index (Phi) is 5.81. The first-order valence-electron chi connectivity index (χ1n) is 9.47. The third-order valence-electron chi connectivity index (χ3n) is 4.79. The van der Waals surface area contributed by atoms with Gasteiger partial charge in [-0.15, -0.1) is 0 Å². The summed E-state index contributed by atoms with van der Waals surface area (Å²) >= 11 is 2.05. The molecule has 0 fully saturated rings. The molecule has 0 bridgehead atoms. The number of nitriles is 1. The second kappa shape index (κ2) is 8.58. The summed E-state index contributed by atoms with van der Waals surface area (Å²) in [6.07, 6.45) is 0. The molecule has 1 atom stereocenters. The maximum absolute atomic E-state index is 14.0. The van der Waals surface area contributed by atoms with Gasteiger partial charge in [-0.1, -0.05) is 6.07 Å². The smallest absolute Gasteiger partial charge is 0.266 e. The van der Waals surface area contributed by atoms with Crippen LogP contribution in [-0.4, -0.2) is 19.5 Å². The van der Waals surface area contributed by atoms with E-state index in [-0.39, 0.29) is 40.0 Å². The van der Waals surface area contributed by atoms with Gasteiger partial charge in [0.15, 0.2) is 5.82 Å². The van der Waals surface area contributed by atoms with Gasteiger partial charge in [0.1, 0.15) is 34.9 Å². The normalized spacial score (nSPS) is 11.8. The van der Waals surface area contributed by atoms with Crippen molar-refractivity contribution in [2.45, 2.75) is 13.0 Å². The lowest BCUT2D eigenvalue weighted by atomic mass is 10.2. The molecule has 0 saturated carbocycles. The van der Waals surface area contributed by atoms with E-state index in [1.165, 1.54) is 0 Å². The predicted octanol–water partition coefficient (Wildman–Crippen LogP) is 3.27. The predicted molar refractivity (Wildman–Crippen MR) is 128 cm³/mol. The first-order valence-corrected chi connectivity index (χ1v) is 10.5. The summed E-state index contributed by atoms with van der Waals surface area (Å²) in [5.74, 6) is -1.83. The highest BCUT2D eigenvalue weighted by molar-refractivity contribution is 14.1. The Morgan fingerprint density at radius 3 is 2.52 bits per heavy atom. The second-order valence-electron chi connectivity index (χ2n) is 7.04. The summed E-state index contributed by atoms with van der Waals surface area (Å²) in [5.41, 5.74) is 11.2. The number of rotatable bonds is 4. The molecule has 33 heavy (non-hydrogen) atoms. The number of nitrogens with zero attached hydrogens (tertiary/aromatic N) is 5. The van der Waals surface area contributed by atoms with Crippen molar-refractivity contribution in [1.29, 1.82) is 5.26 Å². The van der Waals surface area contributed by atoms with E-state index in [2.05, 4.69) is 20.3 Å². The Bertz CT molecular complexity index is 1500. The first-order chi connectivity index (χ1) is 15.7. The SMILES string of the molecule is C[C@H](Nc1nc(N)nc(N)c1C#N)c1nc2c(I)cccc2c(=O)n1-c1cc(F)cc(F)c1. The average Bonchev–Trinajstić information content (AvgIpc) is 2.73. The van der Waals surface area contributed by atoms with Crippen molar-refractivity contribution >= 4 is 51.1 Å². The molecule has 0 aliphatic carbocycles. The number of para-hydroxylation sites is 1. The van der Waals surface area contributed by atoms with Gasteiger partial charge in [-0.25, -0.2) is 13.8 Å². The molecule has 0 saturated heterocycles. The van der Waals surface area contributed by atoms with Crippen molar-refractivity contribution in [3.63, 3.8) is 0 Å². The average molecular weight is 560 g/mol. The molecule has 2 heterocycles. The zero-order valence-electron chi connectivity index (χ0n) is 17.0. The molecule has 0 radical (unpaired) electrons. The van der Waals surface area contributed by atoms with Crippen LogP contribution in [0.1, 0.15) is 24.4 Å². The van der Waals surface area contributed by atoms with Gasteiger partial charge in [-0.05, 0) is 53.8 Å². The van der Waals surface area contributed by atoms with Crippen LogP contribution in [0.25, 0.3) is 16.6 Å². The van der Waals surface area contributed by atoms with Crippen molar-refractivity contribution in [2.75, 3.05) is 16.8 Å². The molecule has 0 amide bonds. The molecular weight excluding hydrogens is 545 g/mol. The summed E-state index contributed by atoms with van der Waals surface area (Å²) in [5, 5.41) is 12.7. The van der Waals surface area contributed by atoms with Gasteiger partial charge in [-0.2, -0.15) is 15.2 Å². The van der Waals surface area contributed by atoms with E-state index in [1.54, 1.807) is 25.1 Å². The molecule has 0 spiro atoms. The Balaban J connectivity index is 1.98. The fourth-order valence-electron chi connectivity index (χ4n) is 3.38. The number of aromatic nitrogens is 4. The van der Waals surface area contributed by atoms with Crippen LogP contribution in [-0.2, 0) is 0 Å². The minimum Gasteiger partial charge on any atom is -0.382 e. The van der Waals surface area contributed by atoms with Crippen LogP contribution in [0.5, 0.6) is 0 Å². The fourth-order valence-corrected chi connectivity index (χ4v) is 4.00. The topological polar surface area (TPSA) is 149 Å². The zero-order valence-corrected chi connectivity index (χ0v) is 19.1. The Morgan fingerprint density at radius 1 is 1.15 bits per heavy atom. The molecule has 2 aromatic heterocycles. The van der Waals surface area contributed by atoms with Gasteiger partial charge in [0.25, 0.3) is 5.56 Å². The number of hydrogen-bond donors (Lipinski definition) is 3. The molecule has 9 nitrogen and oxygen atoms in total. The maximum atomic E-state index is 14.0. The standard InChI is InChI=1S/C21H15F2IN8O/c1-9(28-18-14(8-25)17(26)30-21(27)31-18)19-29-16-13(3-2-4-15(16)24)20(33)32(19)12-6-10(22)5-11(23)7-12/h2-7,9H,1H3,(H5,26,27,28,30,31)/t9-/m0/s1. The summed E-state index contributed by atoms with van der Waals surface area (Å²) in [6.45, 7) is 1.64. The molecule has 0 aliphatic rings. The fraction of sp³-hybridized carbons (Fsp3) is 0.0952. The van der Waals surface area contributed by atoms with Crippen LogP contribution >= 0.6 is 22.6 Å². The van der Waals surface area contributed by atoms with Crippen LogP contribution in [0.4, 0.5) is 26.4 Å². The van der Waals surface area contributed by atoms with Crippen molar-refractivity contribution in [3.05, 3.63) is 73.3 Å². The Hall–Kier alpha value is -3.86. The van der Waals surface area contributed by atoms with Crippen LogP contribution in [0.2, 0.25) is 0 Å². The lowest BCUT2D eigenvalue weighted by Crippen LogP contribution is -2.28. The summed E-state index contributed by atoms with van der Waals surface area (Å²) < 4.78 is 29.9. The lowest BCUT2D eigenvalue weighted by molar-refractivity contribution is 0.579. The van der Waals surface area contributed by atoms with Crippen LogP contribution in [0.3, 0.4) is 0 Å². The molecule has 0 aliphatic heterocycles. The third-order valence-corrected chi connectivity index (χ3v) is 5.66. The van der Waals surface area contributed by atoms with E-state index < -0.39 is 23.2 Å². The molecule has 4 rings (SSSR count). The van der Waals surface area contributed by atoms with Crippen molar-refractivity contribution in [1.82, 2.24) is 19.5 Å². The van der Waals surface area contributed by atoms with Crippen LogP contribution < -0.4 is 22.3 Å². The molecule has 2 aromatic carbocycles. The van der Waals surface area contributed by atoms with Gasteiger partial charge < -0.3 is 16.8 Å². The van der Waals surface area contributed by atoms with Crippen molar-refractivity contribution in [3.8, 4) is 11.8 Å². The first kappa shape index (κ1) is 22.3. The molecule has 12 heteroatoms. The van der Waals surface area contributed by atoms with Gasteiger partial charge >= 0.3 is 0 Å². The second-order valence-corrected chi connectivity index (χ2v) is 8.20.